The summed E-state index contributed by atoms with van der Waals surface area (Å²) >= 11 is 0. The lowest BCUT2D eigenvalue weighted by Gasteiger charge is -2.32. The molecule has 1 aromatic rings. The van der Waals surface area contributed by atoms with Crippen LogP contribution in [0, 0.1) is 23.0 Å². The molecule has 0 amide bonds. The molecule has 0 saturated carbocycles. The molecule has 10 heteroatoms. The van der Waals surface area contributed by atoms with Crippen LogP contribution in [0.3, 0.4) is 0 Å². The molecule has 1 unspecified atom stereocenters. The van der Waals surface area contributed by atoms with E-state index in [9.17, 15) is 17.2 Å². The number of halogens is 3. The minimum Gasteiger partial charge on any atom is -0.314 e. The quantitative estimate of drug-likeness (QED) is 0.828. The first kappa shape index (κ1) is 20.0. The highest BCUT2D eigenvalue weighted by atomic mass is 35.5. The van der Waals surface area contributed by atoms with E-state index in [1.807, 2.05) is 0 Å². The fourth-order valence-corrected chi connectivity index (χ4v) is 4.86. The molecule has 0 spiro atoms. The van der Waals surface area contributed by atoms with Gasteiger partial charge in [-0.2, -0.15) is 9.57 Å². The van der Waals surface area contributed by atoms with Gasteiger partial charge in [0.1, 0.15) is 11.6 Å². The Morgan fingerprint density at radius 1 is 1.16 bits per heavy atom. The Morgan fingerprint density at radius 2 is 1.76 bits per heavy atom. The van der Waals surface area contributed by atoms with Gasteiger partial charge in [-0.3, -0.25) is 4.90 Å². The smallest absolute Gasteiger partial charge is 0.248 e. The molecule has 0 bridgehead atoms. The zero-order valence-corrected chi connectivity index (χ0v) is 15.0. The van der Waals surface area contributed by atoms with Gasteiger partial charge in [0.25, 0.3) is 0 Å². The minimum absolute atomic E-state index is 0. The summed E-state index contributed by atoms with van der Waals surface area (Å²) in [6.07, 6.45) is 0.638. The molecule has 6 nitrogen and oxygen atoms in total. The van der Waals surface area contributed by atoms with E-state index in [4.69, 9.17) is 5.26 Å². The zero-order chi connectivity index (χ0) is 17.3. The summed E-state index contributed by atoms with van der Waals surface area (Å²) in [6.45, 7) is 3.82. The van der Waals surface area contributed by atoms with Gasteiger partial charge in [0.15, 0.2) is 4.90 Å². The van der Waals surface area contributed by atoms with Crippen molar-refractivity contribution in [2.75, 3.05) is 39.3 Å². The summed E-state index contributed by atoms with van der Waals surface area (Å²) in [5.74, 6) is -2.45. The van der Waals surface area contributed by atoms with Crippen LogP contribution >= 0.6 is 12.4 Å². The second-order valence-electron chi connectivity index (χ2n) is 5.97. The van der Waals surface area contributed by atoms with Crippen LogP contribution in [0.4, 0.5) is 8.78 Å². The molecule has 2 heterocycles. The van der Waals surface area contributed by atoms with Crippen LogP contribution in [0.25, 0.3) is 0 Å². The van der Waals surface area contributed by atoms with Crippen molar-refractivity contribution in [1.82, 2.24) is 14.5 Å². The largest absolute Gasteiger partial charge is 0.314 e. The standard InChI is InChI=1S/C15H18F2N4O2S.ClH/c16-13-7-11(9-18)8-14(17)15(13)24(22,23)21-4-1-12(10-21)20-5-2-19-3-6-20;/h7-8,12,19H,1-6,10H2;1H. The van der Waals surface area contributed by atoms with E-state index in [0.29, 0.717) is 6.42 Å². The van der Waals surface area contributed by atoms with Crippen LogP contribution in [0.15, 0.2) is 17.0 Å². The first-order valence-corrected chi connectivity index (χ1v) is 9.21. The Hall–Kier alpha value is -1.31. The summed E-state index contributed by atoms with van der Waals surface area (Å²) in [4.78, 5) is 1.24. The molecule has 2 aliphatic heterocycles. The van der Waals surface area contributed by atoms with E-state index in [1.165, 1.54) is 0 Å². The first-order chi connectivity index (χ1) is 11.4. The van der Waals surface area contributed by atoms with E-state index in [0.717, 1.165) is 42.6 Å². The highest BCUT2D eigenvalue weighted by molar-refractivity contribution is 7.89. The number of hydrogen-bond donors (Lipinski definition) is 1. The number of sulfonamides is 1. The average Bonchev–Trinajstić information content (AvgIpc) is 3.05. The third-order valence-corrected chi connectivity index (χ3v) is 6.44. The number of nitrogens with one attached hydrogen (secondary N) is 1. The lowest BCUT2D eigenvalue weighted by atomic mass is 10.2. The van der Waals surface area contributed by atoms with Crippen LogP contribution in [-0.4, -0.2) is 62.9 Å². The number of hydrogen-bond acceptors (Lipinski definition) is 5. The topological polar surface area (TPSA) is 76.4 Å². The van der Waals surface area contributed by atoms with Gasteiger partial charge in [0.2, 0.25) is 10.0 Å². The van der Waals surface area contributed by atoms with Crippen molar-refractivity contribution in [1.29, 1.82) is 5.26 Å². The molecule has 0 aliphatic carbocycles. The summed E-state index contributed by atoms with van der Waals surface area (Å²) in [7, 11) is -4.26. The fraction of sp³-hybridized carbons (Fsp3) is 0.533. The third-order valence-electron chi connectivity index (χ3n) is 4.52. The van der Waals surface area contributed by atoms with E-state index >= 15 is 0 Å². The third kappa shape index (κ3) is 3.93. The number of rotatable bonds is 3. The maximum Gasteiger partial charge on any atom is 0.248 e. The average molecular weight is 393 g/mol. The lowest BCUT2D eigenvalue weighted by molar-refractivity contribution is 0.179. The SMILES string of the molecule is Cl.N#Cc1cc(F)c(S(=O)(=O)N2CCC(N3CCNCC3)C2)c(F)c1. The summed E-state index contributed by atoms with van der Waals surface area (Å²) in [6, 6.07) is 3.17. The molecule has 2 saturated heterocycles. The summed E-state index contributed by atoms with van der Waals surface area (Å²) in [5.41, 5.74) is -0.246. The molecule has 1 atom stereocenters. The number of nitrogens with zero attached hydrogens (tertiary/aromatic N) is 3. The molecule has 2 aliphatic rings. The van der Waals surface area contributed by atoms with Crippen molar-refractivity contribution in [2.45, 2.75) is 17.4 Å². The molecule has 138 valence electrons. The van der Waals surface area contributed by atoms with Crippen molar-refractivity contribution in [3.63, 3.8) is 0 Å². The maximum atomic E-state index is 14.1. The molecule has 25 heavy (non-hydrogen) atoms. The highest BCUT2D eigenvalue weighted by Gasteiger charge is 2.38. The second kappa shape index (κ2) is 7.93. The molecule has 0 aromatic heterocycles. The van der Waals surface area contributed by atoms with E-state index in [2.05, 4.69) is 10.2 Å². The normalized spacial score (nSPS) is 22.4. The van der Waals surface area contributed by atoms with E-state index < -0.39 is 26.6 Å². The summed E-state index contributed by atoms with van der Waals surface area (Å²) in [5, 5.41) is 11.9. The summed E-state index contributed by atoms with van der Waals surface area (Å²) < 4.78 is 54.6. The predicted octanol–water partition coefficient (Wildman–Crippen LogP) is 0.926. The van der Waals surface area contributed by atoms with Gasteiger partial charge in [0, 0.05) is 45.3 Å². The Morgan fingerprint density at radius 3 is 2.32 bits per heavy atom. The van der Waals surface area contributed by atoms with Crippen molar-refractivity contribution in [2.24, 2.45) is 0 Å². The Bertz CT molecular complexity index is 755. The molecule has 3 rings (SSSR count). The molecular weight excluding hydrogens is 374 g/mol. The molecule has 0 radical (unpaired) electrons. The first-order valence-electron chi connectivity index (χ1n) is 7.77. The Labute approximate surface area is 151 Å². The van der Waals surface area contributed by atoms with Gasteiger partial charge in [-0.05, 0) is 18.6 Å². The Kier molecular flexibility index (Phi) is 6.35. The van der Waals surface area contributed by atoms with Gasteiger partial charge in [-0.25, -0.2) is 17.2 Å². The van der Waals surface area contributed by atoms with Crippen LogP contribution < -0.4 is 5.32 Å². The predicted molar refractivity (Wildman–Crippen MR) is 89.9 cm³/mol. The molecular formula is C15H19ClF2N4O2S. The monoisotopic (exact) mass is 392 g/mol. The van der Waals surface area contributed by atoms with Crippen molar-refractivity contribution < 1.29 is 17.2 Å². The number of piperazine rings is 1. The van der Waals surface area contributed by atoms with E-state index in [-0.39, 0.29) is 37.1 Å². The number of benzene rings is 1. The number of nitriles is 1. The molecule has 2 fully saturated rings. The van der Waals surface area contributed by atoms with Crippen LogP contribution in [0.5, 0.6) is 0 Å². The minimum atomic E-state index is -4.26. The maximum absolute atomic E-state index is 14.1. The van der Waals surface area contributed by atoms with Crippen LogP contribution in [-0.2, 0) is 10.0 Å². The van der Waals surface area contributed by atoms with E-state index in [1.54, 1.807) is 6.07 Å². The van der Waals surface area contributed by atoms with Crippen molar-refractivity contribution in [3.8, 4) is 6.07 Å². The van der Waals surface area contributed by atoms with Gasteiger partial charge >= 0.3 is 0 Å². The van der Waals surface area contributed by atoms with Crippen LogP contribution in [0.1, 0.15) is 12.0 Å². The van der Waals surface area contributed by atoms with Crippen molar-refractivity contribution in [3.05, 3.63) is 29.3 Å². The highest BCUT2D eigenvalue weighted by Crippen LogP contribution is 2.28. The zero-order valence-electron chi connectivity index (χ0n) is 13.4. The second-order valence-corrected chi connectivity index (χ2v) is 7.85. The molecule has 1 aromatic carbocycles. The lowest BCUT2D eigenvalue weighted by Crippen LogP contribution is -2.49. The Balaban J connectivity index is 0.00000225. The van der Waals surface area contributed by atoms with Gasteiger partial charge in [0.05, 0.1) is 11.6 Å². The van der Waals surface area contributed by atoms with Crippen LogP contribution in [0.2, 0.25) is 0 Å². The van der Waals surface area contributed by atoms with Gasteiger partial charge in [-0.15, -0.1) is 12.4 Å². The van der Waals surface area contributed by atoms with Crippen molar-refractivity contribution >= 4 is 22.4 Å². The van der Waals surface area contributed by atoms with Gasteiger partial charge in [-0.1, -0.05) is 0 Å². The molecule has 1 N–H and O–H groups in total. The van der Waals surface area contributed by atoms with Gasteiger partial charge < -0.3 is 5.32 Å². The fourth-order valence-electron chi connectivity index (χ4n) is 3.27.